The maximum Gasteiger partial charge on any atom is 0.00965 e. The first-order chi connectivity index (χ1) is 7.92. The molecule has 1 aromatic carbocycles. The van der Waals surface area contributed by atoms with Crippen LogP contribution in [-0.4, -0.2) is 12.1 Å². The predicted molar refractivity (Wildman–Crippen MR) is 76.6 cm³/mol. The van der Waals surface area contributed by atoms with Crippen LogP contribution in [0.2, 0.25) is 0 Å². The highest BCUT2D eigenvalue weighted by Crippen LogP contribution is 2.19. The lowest BCUT2D eigenvalue weighted by atomic mass is 9.96. The van der Waals surface area contributed by atoms with Gasteiger partial charge in [0.1, 0.15) is 0 Å². The van der Waals surface area contributed by atoms with Crippen molar-refractivity contribution < 1.29 is 0 Å². The molecule has 0 heterocycles. The van der Waals surface area contributed by atoms with E-state index in [9.17, 15) is 0 Å². The van der Waals surface area contributed by atoms with Crippen LogP contribution in [-0.2, 0) is 6.42 Å². The third-order valence-corrected chi connectivity index (χ3v) is 3.19. The number of benzene rings is 1. The zero-order chi connectivity index (χ0) is 12.9. The summed E-state index contributed by atoms with van der Waals surface area (Å²) in [6.07, 6.45) is 2.32. The summed E-state index contributed by atoms with van der Waals surface area (Å²) in [6, 6.07) is 9.06. The molecule has 96 valence electrons. The Morgan fingerprint density at radius 3 is 2.18 bits per heavy atom. The fourth-order valence-corrected chi connectivity index (χ4v) is 1.91. The summed E-state index contributed by atoms with van der Waals surface area (Å²) in [5, 5.41) is 3.55. The van der Waals surface area contributed by atoms with Gasteiger partial charge in [-0.1, -0.05) is 38.1 Å². The number of hydrogen-bond acceptors (Lipinski definition) is 1. The van der Waals surface area contributed by atoms with Gasteiger partial charge in [0.15, 0.2) is 0 Å². The van der Waals surface area contributed by atoms with E-state index in [0.29, 0.717) is 5.92 Å². The van der Waals surface area contributed by atoms with Gasteiger partial charge in [-0.3, -0.25) is 0 Å². The van der Waals surface area contributed by atoms with E-state index < -0.39 is 0 Å². The fourth-order valence-electron chi connectivity index (χ4n) is 1.91. The van der Waals surface area contributed by atoms with Crippen molar-refractivity contribution in [1.29, 1.82) is 0 Å². The molecule has 1 heteroatoms. The SMILES string of the molecule is CCc1ccc(C(C)CCNC(C)(C)C)cc1. The Bertz CT molecular complexity index is 318. The molecule has 1 rings (SSSR count). The van der Waals surface area contributed by atoms with Crippen LogP contribution in [0.5, 0.6) is 0 Å². The highest BCUT2D eigenvalue weighted by molar-refractivity contribution is 5.24. The monoisotopic (exact) mass is 233 g/mol. The fraction of sp³-hybridized carbons (Fsp3) is 0.625. The molecular weight excluding hydrogens is 206 g/mol. The van der Waals surface area contributed by atoms with Crippen molar-refractivity contribution in [3.63, 3.8) is 0 Å². The molecule has 0 saturated carbocycles. The van der Waals surface area contributed by atoms with E-state index >= 15 is 0 Å². The number of rotatable bonds is 5. The van der Waals surface area contributed by atoms with Crippen molar-refractivity contribution in [2.24, 2.45) is 0 Å². The second kappa shape index (κ2) is 6.20. The van der Waals surface area contributed by atoms with Crippen LogP contribution in [0.4, 0.5) is 0 Å². The third-order valence-electron chi connectivity index (χ3n) is 3.19. The summed E-state index contributed by atoms with van der Waals surface area (Å²) in [5.74, 6) is 0.635. The molecule has 0 aromatic heterocycles. The maximum absolute atomic E-state index is 3.55. The summed E-state index contributed by atoms with van der Waals surface area (Å²) in [4.78, 5) is 0. The molecule has 17 heavy (non-hydrogen) atoms. The van der Waals surface area contributed by atoms with Crippen molar-refractivity contribution in [3.8, 4) is 0 Å². The lowest BCUT2D eigenvalue weighted by Crippen LogP contribution is -2.36. The van der Waals surface area contributed by atoms with Crippen LogP contribution in [0.15, 0.2) is 24.3 Å². The lowest BCUT2D eigenvalue weighted by Gasteiger charge is -2.22. The molecule has 0 fully saturated rings. The molecule has 0 aliphatic carbocycles. The van der Waals surface area contributed by atoms with Gasteiger partial charge in [-0.15, -0.1) is 0 Å². The van der Waals surface area contributed by atoms with Crippen molar-refractivity contribution in [2.45, 2.75) is 58.9 Å². The molecule has 1 nitrogen and oxygen atoms in total. The van der Waals surface area contributed by atoms with E-state index in [-0.39, 0.29) is 5.54 Å². The van der Waals surface area contributed by atoms with Crippen LogP contribution in [0.1, 0.15) is 58.1 Å². The molecule has 0 saturated heterocycles. The molecule has 0 spiro atoms. The van der Waals surface area contributed by atoms with Gasteiger partial charge in [0, 0.05) is 5.54 Å². The Morgan fingerprint density at radius 1 is 1.12 bits per heavy atom. The van der Waals surface area contributed by atoms with Gasteiger partial charge < -0.3 is 5.32 Å². The lowest BCUT2D eigenvalue weighted by molar-refractivity contribution is 0.413. The first-order valence-corrected chi connectivity index (χ1v) is 6.76. The summed E-state index contributed by atoms with van der Waals surface area (Å²) in [7, 11) is 0. The Kier molecular flexibility index (Phi) is 5.20. The maximum atomic E-state index is 3.55. The van der Waals surface area contributed by atoms with Gasteiger partial charge in [0.25, 0.3) is 0 Å². The zero-order valence-corrected chi connectivity index (χ0v) is 12.0. The minimum absolute atomic E-state index is 0.228. The highest BCUT2D eigenvalue weighted by atomic mass is 14.9. The summed E-state index contributed by atoms with van der Waals surface area (Å²) >= 11 is 0. The van der Waals surface area contributed by atoms with Crippen molar-refractivity contribution in [3.05, 3.63) is 35.4 Å². The van der Waals surface area contributed by atoms with Gasteiger partial charge >= 0.3 is 0 Å². The van der Waals surface area contributed by atoms with Crippen LogP contribution >= 0.6 is 0 Å². The van der Waals surface area contributed by atoms with Crippen LogP contribution < -0.4 is 5.32 Å². The summed E-state index contributed by atoms with van der Waals surface area (Å²) < 4.78 is 0. The second-order valence-corrected chi connectivity index (χ2v) is 5.96. The highest BCUT2D eigenvalue weighted by Gasteiger charge is 2.10. The summed E-state index contributed by atoms with van der Waals surface area (Å²) in [5.41, 5.74) is 3.11. The standard InChI is InChI=1S/C16H27N/c1-6-14-7-9-15(10-8-14)13(2)11-12-17-16(3,4)5/h7-10,13,17H,6,11-12H2,1-5H3. The van der Waals surface area contributed by atoms with E-state index in [0.717, 1.165) is 13.0 Å². The molecule has 0 radical (unpaired) electrons. The Balaban J connectivity index is 2.43. The topological polar surface area (TPSA) is 12.0 Å². The first-order valence-electron chi connectivity index (χ1n) is 6.76. The Labute approximate surface area is 107 Å². The van der Waals surface area contributed by atoms with Crippen LogP contribution in [0.25, 0.3) is 0 Å². The molecule has 0 bridgehead atoms. The molecular formula is C16H27N. The van der Waals surface area contributed by atoms with E-state index in [1.807, 2.05) is 0 Å². The molecule has 0 aliphatic heterocycles. The number of nitrogens with one attached hydrogen (secondary N) is 1. The average molecular weight is 233 g/mol. The number of hydrogen-bond donors (Lipinski definition) is 1. The quantitative estimate of drug-likeness (QED) is 0.806. The molecule has 1 atom stereocenters. The molecule has 1 aromatic rings. The van der Waals surface area contributed by atoms with Crippen molar-refractivity contribution in [1.82, 2.24) is 5.32 Å². The zero-order valence-electron chi connectivity index (χ0n) is 12.0. The first kappa shape index (κ1) is 14.2. The van der Waals surface area contributed by atoms with Gasteiger partial charge in [0.2, 0.25) is 0 Å². The van der Waals surface area contributed by atoms with Gasteiger partial charge in [-0.25, -0.2) is 0 Å². The predicted octanol–water partition coefficient (Wildman–Crippen LogP) is 4.13. The van der Waals surface area contributed by atoms with E-state index in [1.54, 1.807) is 0 Å². The Morgan fingerprint density at radius 2 is 1.71 bits per heavy atom. The second-order valence-electron chi connectivity index (χ2n) is 5.96. The van der Waals surface area contributed by atoms with Crippen LogP contribution in [0, 0.1) is 0 Å². The Hall–Kier alpha value is -0.820. The third kappa shape index (κ3) is 5.36. The van der Waals surface area contributed by atoms with Crippen molar-refractivity contribution in [2.75, 3.05) is 6.54 Å². The van der Waals surface area contributed by atoms with Crippen LogP contribution in [0.3, 0.4) is 0 Å². The minimum atomic E-state index is 0.228. The van der Waals surface area contributed by atoms with E-state index in [4.69, 9.17) is 0 Å². The average Bonchev–Trinajstić information content (AvgIpc) is 2.27. The normalized spacial score (nSPS) is 13.7. The van der Waals surface area contributed by atoms with Gasteiger partial charge in [-0.05, 0) is 57.2 Å². The van der Waals surface area contributed by atoms with Crippen molar-refractivity contribution >= 4 is 0 Å². The van der Waals surface area contributed by atoms with E-state index in [2.05, 4.69) is 64.2 Å². The van der Waals surface area contributed by atoms with Gasteiger partial charge in [-0.2, -0.15) is 0 Å². The minimum Gasteiger partial charge on any atom is -0.312 e. The smallest absolute Gasteiger partial charge is 0.00965 e. The molecule has 0 aliphatic rings. The van der Waals surface area contributed by atoms with E-state index in [1.165, 1.54) is 17.5 Å². The summed E-state index contributed by atoms with van der Waals surface area (Å²) in [6.45, 7) is 12.2. The molecule has 1 N–H and O–H groups in total. The molecule has 1 unspecified atom stereocenters. The number of aryl methyl sites for hydroxylation is 1. The molecule has 0 amide bonds. The largest absolute Gasteiger partial charge is 0.312 e. The van der Waals surface area contributed by atoms with Gasteiger partial charge in [0.05, 0.1) is 0 Å².